The van der Waals surface area contributed by atoms with Gasteiger partial charge in [-0.2, -0.15) is 23.4 Å². The molecule has 2 nitrogen and oxygen atoms in total. The van der Waals surface area contributed by atoms with E-state index < -0.39 is 11.7 Å². The average Bonchev–Trinajstić information content (AvgIpc) is 2.38. The molecule has 1 aromatic carbocycles. The van der Waals surface area contributed by atoms with Gasteiger partial charge in [0.05, 0.1) is 17.5 Å². The molecule has 0 amide bonds. The van der Waals surface area contributed by atoms with Gasteiger partial charge in [0.1, 0.15) is 0 Å². The second-order valence-corrected chi connectivity index (χ2v) is 4.61. The van der Waals surface area contributed by atoms with Crippen molar-refractivity contribution in [2.75, 3.05) is 0 Å². The van der Waals surface area contributed by atoms with Crippen LogP contribution in [0.4, 0.5) is 13.2 Å². The standard InChI is InChI=1S/C14H13F3N2/c1-9(2)11-7-13(19-18-8-11)10-4-3-5-12(6-10)14(15,16)17/h3-9H,1-2H3. The summed E-state index contributed by atoms with van der Waals surface area (Å²) in [4.78, 5) is 0. The predicted molar refractivity (Wildman–Crippen MR) is 66.6 cm³/mol. The molecule has 5 heteroatoms. The Morgan fingerprint density at radius 2 is 1.84 bits per heavy atom. The SMILES string of the molecule is CC(C)c1cnnc(-c2cccc(C(F)(F)F)c2)c1. The van der Waals surface area contributed by atoms with Crippen molar-refractivity contribution in [3.63, 3.8) is 0 Å². The number of nitrogens with zero attached hydrogens (tertiary/aromatic N) is 2. The molecule has 0 aliphatic heterocycles. The van der Waals surface area contributed by atoms with Crippen LogP contribution in [0.1, 0.15) is 30.9 Å². The smallest absolute Gasteiger partial charge is 0.166 e. The zero-order valence-electron chi connectivity index (χ0n) is 10.6. The van der Waals surface area contributed by atoms with Crippen LogP contribution in [0.2, 0.25) is 0 Å². The summed E-state index contributed by atoms with van der Waals surface area (Å²) in [5.74, 6) is 0.250. The highest BCUT2D eigenvalue weighted by atomic mass is 19.4. The summed E-state index contributed by atoms with van der Waals surface area (Å²) in [6, 6.07) is 6.88. The molecule has 2 aromatic rings. The first-order chi connectivity index (χ1) is 8.88. The van der Waals surface area contributed by atoms with Crippen LogP contribution in [0.5, 0.6) is 0 Å². The highest BCUT2D eigenvalue weighted by Crippen LogP contribution is 2.31. The van der Waals surface area contributed by atoms with Gasteiger partial charge in [0, 0.05) is 5.56 Å². The highest BCUT2D eigenvalue weighted by molar-refractivity contribution is 5.60. The van der Waals surface area contributed by atoms with Gasteiger partial charge in [0.15, 0.2) is 0 Å². The first-order valence-corrected chi connectivity index (χ1v) is 5.88. The molecule has 100 valence electrons. The summed E-state index contributed by atoms with van der Waals surface area (Å²) in [5.41, 5.74) is 1.14. The second kappa shape index (κ2) is 4.99. The van der Waals surface area contributed by atoms with Crippen LogP contribution < -0.4 is 0 Å². The molecular formula is C14H13F3N2. The largest absolute Gasteiger partial charge is 0.416 e. The van der Waals surface area contributed by atoms with Crippen molar-refractivity contribution in [3.05, 3.63) is 47.7 Å². The number of alkyl halides is 3. The van der Waals surface area contributed by atoms with Crippen molar-refractivity contribution in [2.45, 2.75) is 25.9 Å². The van der Waals surface area contributed by atoms with E-state index in [1.54, 1.807) is 18.3 Å². The quantitative estimate of drug-likeness (QED) is 0.810. The zero-order valence-corrected chi connectivity index (χ0v) is 10.6. The lowest BCUT2D eigenvalue weighted by Gasteiger charge is -2.09. The van der Waals surface area contributed by atoms with E-state index in [2.05, 4.69) is 10.2 Å². The van der Waals surface area contributed by atoms with Crippen LogP contribution in [0.25, 0.3) is 11.3 Å². The minimum atomic E-state index is -4.35. The maximum atomic E-state index is 12.7. The van der Waals surface area contributed by atoms with Crippen LogP contribution in [-0.2, 0) is 6.18 Å². The van der Waals surface area contributed by atoms with Gasteiger partial charge in [-0.25, -0.2) is 0 Å². The molecule has 0 atom stereocenters. The summed E-state index contributed by atoms with van der Waals surface area (Å²) < 4.78 is 38.0. The van der Waals surface area contributed by atoms with Gasteiger partial charge in [-0.15, -0.1) is 0 Å². The summed E-state index contributed by atoms with van der Waals surface area (Å²) >= 11 is 0. The van der Waals surface area contributed by atoms with Gasteiger partial charge >= 0.3 is 6.18 Å². The fourth-order valence-electron chi connectivity index (χ4n) is 1.69. The van der Waals surface area contributed by atoms with Gasteiger partial charge in [0.2, 0.25) is 0 Å². The molecule has 0 bridgehead atoms. The first-order valence-electron chi connectivity index (χ1n) is 5.88. The molecule has 0 spiro atoms. The molecule has 1 aromatic heterocycles. The van der Waals surface area contributed by atoms with E-state index in [1.807, 2.05) is 13.8 Å². The Morgan fingerprint density at radius 3 is 2.47 bits per heavy atom. The second-order valence-electron chi connectivity index (χ2n) is 4.61. The Morgan fingerprint density at radius 1 is 1.11 bits per heavy atom. The Balaban J connectivity index is 2.45. The molecule has 19 heavy (non-hydrogen) atoms. The molecular weight excluding hydrogens is 253 g/mol. The van der Waals surface area contributed by atoms with Gasteiger partial charge in [-0.1, -0.05) is 26.0 Å². The van der Waals surface area contributed by atoms with Gasteiger partial charge in [-0.3, -0.25) is 0 Å². The maximum absolute atomic E-state index is 12.7. The number of benzene rings is 1. The molecule has 0 aliphatic rings. The number of halogens is 3. The van der Waals surface area contributed by atoms with Crippen LogP contribution in [0.3, 0.4) is 0 Å². The lowest BCUT2D eigenvalue weighted by atomic mass is 10.0. The minimum Gasteiger partial charge on any atom is -0.166 e. The van der Waals surface area contributed by atoms with E-state index in [1.165, 1.54) is 6.07 Å². The fraction of sp³-hybridized carbons (Fsp3) is 0.286. The van der Waals surface area contributed by atoms with Crippen molar-refractivity contribution >= 4 is 0 Å². The van der Waals surface area contributed by atoms with E-state index >= 15 is 0 Å². The Hall–Kier alpha value is -1.91. The third kappa shape index (κ3) is 3.10. The third-order valence-electron chi connectivity index (χ3n) is 2.83. The summed E-state index contributed by atoms with van der Waals surface area (Å²) in [7, 11) is 0. The van der Waals surface area contributed by atoms with Crippen molar-refractivity contribution in [2.24, 2.45) is 0 Å². The maximum Gasteiger partial charge on any atom is 0.416 e. The molecule has 0 radical (unpaired) electrons. The van der Waals surface area contributed by atoms with E-state index in [9.17, 15) is 13.2 Å². The average molecular weight is 266 g/mol. The topological polar surface area (TPSA) is 25.8 Å². The van der Waals surface area contributed by atoms with E-state index in [4.69, 9.17) is 0 Å². The number of aromatic nitrogens is 2. The Labute approximate surface area is 109 Å². The van der Waals surface area contributed by atoms with Crippen LogP contribution in [-0.4, -0.2) is 10.2 Å². The van der Waals surface area contributed by atoms with Crippen molar-refractivity contribution in [3.8, 4) is 11.3 Å². The fourth-order valence-corrected chi connectivity index (χ4v) is 1.69. The molecule has 1 heterocycles. The normalized spacial score (nSPS) is 11.9. The highest BCUT2D eigenvalue weighted by Gasteiger charge is 2.30. The Kier molecular flexibility index (Phi) is 3.55. The summed E-state index contributed by atoms with van der Waals surface area (Å²) in [6.07, 6.45) is -2.72. The summed E-state index contributed by atoms with van der Waals surface area (Å²) in [5, 5.41) is 7.74. The van der Waals surface area contributed by atoms with E-state index in [-0.39, 0.29) is 5.92 Å². The molecule has 0 N–H and O–H groups in total. The molecule has 0 saturated heterocycles. The predicted octanol–water partition coefficient (Wildman–Crippen LogP) is 4.29. The van der Waals surface area contributed by atoms with Crippen molar-refractivity contribution in [1.82, 2.24) is 10.2 Å². The lowest BCUT2D eigenvalue weighted by molar-refractivity contribution is -0.137. The minimum absolute atomic E-state index is 0.250. The van der Waals surface area contributed by atoms with Crippen molar-refractivity contribution in [1.29, 1.82) is 0 Å². The number of hydrogen-bond donors (Lipinski definition) is 0. The third-order valence-corrected chi connectivity index (χ3v) is 2.83. The molecule has 0 aliphatic carbocycles. The van der Waals surface area contributed by atoms with E-state index in [0.717, 1.165) is 17.7 Å². The summed E-state index contributed by atoms with van der Waals surface area (Å²) in [6.45, 7) is 3.99. The molecule has 2 rings (SSSR count). The van der Waals surface area contributed by atoms with Crippen molar-refractivity contribution < 1.29 is 13.2 Å². The first kappa shape index (κ1) is 13.5. The molecule has 0 fully saturated rings. The van der Waals surface area contributed by atoms with Crippen LogP contribution >= 0.6 is 0 Å². The molecule has 0 unspecified atom stereocenters. The van der Waals surface area contributed by atoms with Crippen LogP contribution in [0, 0.1) is 0 Å². The van der Waals surface area contributed by atoms with Gasteiger partial charge in [-0.05, 0) is 29.7 Å². The van der Waals surface area contributed by atoms with Gasteiger partial charge in [0.25, 0.3) is 0 Å². The lowest BCUT2D eigenvalue weighted by Crippen LogP contribution is -2.04. The monoisotopic (exact) mass is 266 g/mol. The van der Waals surface area contributed by atoms with E-state index in [0.29, 0.717) is 11.3 Å². The number of hydrogen-bond acceptors (Lipinski definition) is 2. The molecule has 0 saturated carbocycles. The van der Waals surface area contributed by atoms with Crippen LogP contribution in [0.15, 0.2) is 36.5 Å². The Bertz CT molecular complexity index is 577. The zero-order chi connectivity index (χ0) is 14.0. The van der Waals surface area contributed by atoms with Gasteiger partial charge < -0.3 is 0 Å². The number of rotatable bonds is 2.